The lowest BCUT2D eigenvalue weighted by molar-refractivity contribution is 0.415. The van der Waals surface area contributed by atoms with E-state index in [9.17, 15) is 0 Å². The number of pyridine rings is 1. The third-order valence-corrected chi connectivity index (χ3v) is 3.79. The smallest absolute Gasteiger partial charge is 0.132 e. The molecule has 0 spiro atoms. The maximum atomic E-state index is 5.67. The maximum absolute atomic E-state index is 5.67. The molecule has 0 amide bonds. The highest BCUT2D eigenvalue weighted by Gasteiger charge is 2.12. The van der Waals surface area contributed by atoms with Crippen molar-refractivity contribution in [1.29, 1.82) is 0 Å². The van der Waals surface area contributed by atoms with Crippen LogP contribution in [-0.4, -0.2) is 31.7 Å². The van der Waals surface area contributed by atoms with Crippen molar-refractivity contribution < 1.29 is 4.74 Å². The molecule has 0 atom stereocenters. The topological polar surface area (TPSA) is 51.4 Å². The zero-order chi connectivity index (χ0) is 15.2. The van der Waals surface area contributed by atoms with Gasteiger partial charge in [0.1, 0.15) is 11.6 Å². The van der Waals surface area contributed by atoms with Crippen LogP contribution in [0, 0.1) is 0 Å². The van der Waals surface area contributed by atoms with Crippen LogP contribution < -0.4 is 15.4 Å². The SMILES string of the molecule is CCN(CC)c1nc2cc(OC)ccc2cc1CCCN. The summed E-state index contributed by atoms with van der Waals surface area (Å²) < 4.78 is 5.30. The molecule has 114 valence electrons. The molecule has 0 bridgehead atoms. The maximum Gasteiger partial charge on any atom is 0.132 e. The first kappa shape index (κ1) is 15.6. The van der Waals surface area contributed by atoms with Gasteiger partial charge in [0.05, 0.1) is 12.6 Å². The van der Waals surface area contributed by atoms with E-state index in [1.807, 2.05) is 12.1 Å². The standard InChI is InChI=1S/C17H25N3O/c1-4-20(5-2)17-14(7-6-10-18)11-13-8-9-15(21-3)12-16(13)19-17/h8-9,11-12H,4-7,10,18H2,1-3H3. The van der Waals surface area contributed by atoms with Crippen LogP contribution in [0.3, 0.4) is 0 Å². The lowest BCUT2D eigenvalue weighted by atomic mass is 10.1. The van der Waals surface area contributed by atoms with Gasteiger partial charge in [0, 0.05) is 24.5 Å². The largest absolute Gasteiger partial charge is 0.497 e. The van der Waals surface area contributed by atoms with E-state index < -0.39 is 0 Å². The molecule has 4 heteroatoms. The number of rotatable bonds is 7. The molecule has 0 unspecified atom stereocenters. The molecule has 1 aromatic heterocycles. The number of aryl methyl sites for hydroxylation is 1. The molecule has 1 aromatic carbocycles. The van der Waals surface area contributed by atoms with Gasteiger partial charge in [0.15, 0.2) is 0 Å². The summed E-state index contributed by atoms with van der Waals surface area (Å²) in [7, 11) is 1.68. The Labute approximate surface area is 126 Å². The van der Waals surface area contributed by atoms with Crippen molar-refractivity contribution in [2.24, 2.45) is 5.73 Å². The number of fused-ring (bicyclic) bond motifs is 1. The van der Waals surface area contributed by atoms with Gasteiger partial charge in [0.25, 0.3) is 0 Å². The van der Waals surface area contributed by atoms with Crippen molar-refractivity contribution in [2.45, 2.75) is 26.7 Å². The van der Waals surface area contributed by atoms with Crippen LogP contribution >= 0.6 is 0 Å². The Bertz CT molecular complexity index is 594. The quantitative estimate of drug-likeness (QED) is 0.850. The molecule has 0 radical (unpaired) electrons. The van der Waals surface area contributed by atoms with Crippen molar-refractivity contribution in [1.82, 2.24) is 4.98 Å². The van der Waals surface area contributed by atoms with Gasteiger partial charge in [-0.05, 0) is 57.0 Å². The number of ether oxygens (including phenoxy) is 1. The van der Waals surface area contributed by atoms with Crippen molar-refractivity contribution in [3.8, 4) is 5.75 Å². The Morgan fingerprint density at radius 2 is 1.95 bits per heavy atom. The number of hydrogen-bond acceptors (Lipinski definition) is 4. The van der Waals surface area contributed by atoms with E-state index in [0.29, 0.717) is 6.54 Å². The van der Waals surface area contributed by atoms with E-state index in [1.54, 1.807) is 7.11 Å². The van der Waals surface area contributed by atoms with Crippen molar-refractivity contribution in [3.63, 3.8) is 0 Å². The van der Waals surface area contributed by atoms with Crippen LogP contribution in [0.2, 0.25) is 0 Å². The third kappa shape index (κ3) is 3.45. The van der Waals surface area contributed by atoms with Crippen LogP contribution in [0.25, 0.3) is 10.9 Å². The summed E-state index contributed by atoms with van der Waals surface area (Å²) >= 11 is 0. The molecule has 0 saturated carbocycles. The number of aromatic nitrogens is 1. The van der Waals surface area contributed by atoms with E-state index in [1.165, 1.54) is 5.56 Å². The first-order valence-electron chi connectivity index (χ1n) is 7.66. The van der Waals surface area contributed by atoms with Gasteiger partial charge in [-0.3, -0.25) is 0 Å². The third-order valence-electron chi connectivity index (χ3n) is 3.79. The molecule has 2 rings (SSSR count). The summed E-state index contributed by atoms with van der Waals surface area (Å²) in [5.41, 5.74) is 7.93. The first-order valence-corrected chi connectivity index (χ1v) is 7.66. The van der Waals surface area contributed by atoms with Crippen LogP contribution in [0.15, 0.2) is 24.3 Å². The highest BCUT2D eigenvalue weighted by atomic mass is 16.5. The number of benzene rings is 1. The van der Waals surface area contributed by atoms with Gasteiger partial charge in [-0.25, -0.2) is 4.98 Å². The molecule has 2 aromatic rings. The predicted octanol–water partition coefficient (Wildman–Crippen LogP) is 2.98. The zero-order valence-electron chi connectivity index (χ0n) is 13.2. The van der Waals surface area contributed by atoms with E-state index in [2.05, 4.69) is 30.9 Å². The minimum atomic E-state index is 0.707. The van der Waals surface area contributed by atoms with Crippen molar-refractivity contribution >= 4 is 16.7 Å². The second kappa shape index (κ2) is 7.27. The molecular weight excluding hydrogens is 262 g/mol. The number of nitrogens with two attached hydrogens (primary N) is 1. The van der Waals surface area contributed by atoms with Gasteiger partial charge in [-0.15, -0.1) is 0 Å². The van der Waals surface area contributed by atoms with Gasteiger partial charge in [0.2, 0.25) is 0 Å². The second-order valence-corrected chi connectivity index (χ2v) is 5.09. The molecule has 0 aliphatic heterocycles. The molecule has 0 saturated heterocycles. The fraction of sp³-hybridized carbons (Fsp3) is 0.471. The van der Waals surface area contributed by atoms with Gasteiger partial charge < -0.3 is 15.4 Å². The average Bonchev–Trinajstić information content (AvgIpc) is 2.53. The number of methoxy groups -OCH3 is 1. The molecule has 0 aliphatic rings. The Morgan fingerprint density at radius 3 is 2.57 bits per heavy atom. The zero-order valence-corrected chi connectivity index (χ0v) is 13.2. The van der Waals surface area contributed by atoms with Crippen molar-refractivity contribution in [2.75, 3.05) is 31.6 Å². The van der Waals surface area contributed by atoms with Crippen LogP contribution in [0.1, 0.15) is 25.8 Å². The summed E-state index contributed by atoms with van der Waals surface area (Å²) in [6.07, 6.45) is 1.95. The van der Waals surface area contributed by atoms with E-state index in [4.69, 9.17) is 15.5 Å². The van der Waals surface area contributed by atoms with Gasteiger partial charge in [-0.2, -0.15) is 0 Å². The molecule has 2 N–H and O–H groups in total. The first-order chi connectivity index (χ1) is 10.2. The normalized spacial score (nSPS) is 10.9. The lowest BCUT2D eigenvalue weighted by Gasteiger charge is -2.23. The number of nitrogens with zero attached hydrogens (tertiary/aromatic N) is 2. The summed E-state index contributed by atoms with van der Waals surface area (Å²) in [4.78, 5) is 7.18. The predicted molar refractivity (Wildman–Crippen MR) is 89.2 cm³/mol. The molecule has 21 heavy (non-hydrogen) atoms. The van der Waals surface area contributed by atoms with E-state index >= 15 is 0 Å². The number of hydrogen-bond donors (Lipinski definition) is 1. The highest BCUT2D eigenvalue weighted by molar-refractivity contribution is 5.83. The van der Waals surface area contributed by atoms with Crippen LogP contribution in [-0.2, 0) is 6.42 Å². The monoisotopic (exact) mass is 287 g/mol. The fourth-order valence-corrected chi connectivity index (χ4v) is 2.58. The fourth-order valence-electron chi connectivity index (χ4n) is 2.58. The summed E-state index contributed by atoms with van der Waals surface area (Å²) in [5, 5.41) is 1.15. The van der Waals surface area contributed by atoms with Crippen LogP contribution in [0.5, 0.6) is 5.75 Å². The Morgan fingerprint density at radius 1 is 1.19 bits per heavy atom. The Balaban J connectivity index is 2.53. The Hall–Kier alpha value is -1.81. The van der Waals surface area contributed by atoms with Crippen LogP contribution in [0.4, 0.5) is 5.82 Å². The van der Waals surface area contributed by atoms with E-state index in [-0.39, 0.29) is 0 Å². The molecule has 0 aliphatic carbocycles. The minimum Gasteiger partial charge on any atom is -0.497 e. The average molecular weight is 287 g/mol. The molecule has 4 nitrogen and oxygen atoms in total. The summed E-state index contributed by atoms with van der Waals surface area (Å²) in [6.45, 7) is 6.93. The van der Waals surface area contributed by atoms with E-state index in [0.717, 1.165) is 48.4 Å². The van der Waals surface area contributed by atoms with Crippen molar-refractivity contribution in [3.05, 3.63) is 29.8 Å². The highest BCUT2D eigenvalue weighted by Crippen LogP contribution is 2.27. The lowest BCUT2D eigenvalue weighted by Crippen LogP contribution is -2.24. The Kier molecular flexibility index (Phi) is 5.39. The van der Waals surface area contributed by atoms with Gasteiger partial charge in [-0.1, -0.05) is 0 Å². The summed E-state index contributed by atoms with van der Waals surface area (Å²) in [5.74, 6) is 1.92. The number of anilines is 1. The minimum absolute atomic E-state index is 0.707. The molecule has 0 fully saturated rings. The molecule has 1 heterocycles. The van der Waals surface area contributed by atoms with Gasteiger partial charge >= 0.3 is 0 Å². The second-order valence-electron chi connectivity index (χ2n) is 5.09. The summed E-state index contributed by atoms with van der Waals surface area (Å²) in [6, 6.07) is 8.28. The molecular formula is C17H25N3O.